The molecule has 1 aliphatic heterocycles. The topological polar surface area (TPSA) is 115 Å². The highest BCUT2D eigenvalue weighted by Crippen LogP contribution is 2.29. The number of benzene rings is 2. The van der Waals surface area contributed by atoms with E-state index in [0.29, 0.717) is 43.2 Å². The molecule has 0 unspecified atom stereocenters. The third-order valence-electron chi connectivity index (χ3n) is 5.27. The largest absolute Gasteiger partial charge is 0.352 e. The van der Waals surface area contributed by atoms with Gasteiger partial charge in [0, 0.05) is 49.7 Å². The Kier molecular flexibility index (Phi) is 5.94. The standard InChI is InChI=1S/C23H20N6O3/c24-16-18-5-4-10-25-22(18)27-11-13-28(14-12-27)23(30)17-8-9-20(21(15-17)29(31)32)26-19-6-2-1-3-7-19/h1-10,15,26H,11-14H2. The second-order valence-electron chi connectivity index (χ2n) is 7.25. The lowest BCUT2D eigenvalue weighted by atomic mass is 10.1. The van der Waals surface area contributed by atoms with Crippen LogP contribution >= 0.6 is 0 Å². The summed E-state index contributed by atoms with van der Waals surface area (Å²) in [5.41, 5.74) is 1.63. The van der Waals surface area contributed by atoms with Crippen molar-refractivity contribution in [2.45, 2.75) is 0 Å². The van der Waals surface area contributed by atoms with Crippen molar-refractivity contribution in [2.24, 2.45) is 0 Å². The van der Waals surface area contributed by atoms with Gasteiger partial charge in [0.25, 0.3) is 11.6 Å². The van der Waals surface area contributed by atoms with E-state index >= 15 is 0 Å². The predicted octanol–water partition coefficient (Wildman–Crippen LogP) is 3.57. The number of nitrogens with one attached hydrogen (secondary N) is 1. The van der Waals surface area contributed by atoms with Gasteiger partial charge in [0.1, 0.15) is 17.6 Å². The van der Waals surface area contributed by atoms with Gasteiger partial charge in [0.15, 0.2) is 0 Å². The van der Waals surface area contributed by atoms with Gasteiger partial charge < -0.3 is 15.1 Å². The third kappa shape index (κ3) is 4.34. The monoisotopic (exact) mass is 428 g/mol. The summed E-state index contributed by atoms with van der Waals surface area (Å²) in [7, 11) is 0. The molecule has 0 bridgehead atoms. The fourth-order valence-electron chi connectivity index (χ4n) is 3.64. The Balaban J connectivity index is 1.48. The summed E-state index contributed by atoms with van der Waals surface area (Å²) in [6, 6.07) is 19.2. The number of amides is 1. The summed E-state index contributed by atoms with van der Waals surface area (Å²) in [6.07, 6.45) is 1.64. The molecule has 1 fully saturated rings. The molecule has 2 aromatic carbocycles. The van der Waals surface area contributed by atoms with E-state index in [1.165, 1.54) is 6.07 Å². The van der Waals surface area contributed by atoms with Crippen molar-refractivity contribution in [3.63, 3.8) is 0 Å². The van der Waals surface area contributed by atoms with Gasteiger partial charge in [-0.15, -0.1) is 0 Å². The first kappa shape index (κ1) is 20.8. The maximum Gasteiger partial charge on any atom is 0.293 e. The van der Waals surface area contributed by atoms with Gasteiger partial charge >= 0.3 is 0 Å². The third-order valence-corrected chi connectivity index (χ3v) is 5.27. The van der Waals surface area contributed by atoms with Crippen LogP contribution in [0.25, 0.3) is 0 Å². The summed E-state index contributed by atoms with van der Waals surface area (Å²) < 4.78 is 0. The van der Waals surface area contributed by atoms with Crippen molar-refractivity contribution in [1.29, 1.82) is 5.26 Å². The van der Waals surface area contributed by atoms with Gasteiger partial charge in [0.05, 0.1) is 10.5 Å². The van der Waals surface area contributed by atoms with E-state index in [4.69, 9.17) is 0 Å². The Morgan fingerprint density at radius 2 is 1.81 bits per heavy atom. The van der Waals surface area contributed by atoms with E-state index in [-0.39, 0.29) is 17.2 Å². The number of aromatic nitrogens is 1. The van der Waals surface area contributed by atoms with Crippen LogP contribution in [-0.2, 0) is 0 Å². The minimum absolute atomic E-state index is 0.162. The average Bonchev–Trinajstić information content (AvgIpc) is 2.84. The fourth-order valence-corrected chi connectivity index (χ4v) is 3.64. The lowest BCUT2D eigenvalue weighted by Gasteiger charge is -2.35. The lowest BCUT2D eigenvalue weighted by Crippen LogP contribution is -2.49. The zero-order valence-electron chi connectivity index (χ0n) is 17.1. The smallest absolute Gasteiger partial charge is 0.293 e. The maximum absolute atomic E-state index is 13.0. The van der Waals surface area contributed by atoms with Crippen LogP contribution in [0.15, 0.2) is 66.9 Å². The maximum atomic E-state index is 13.0. The SMILES string of the molecule is N#Cc1cccnc1N1CCN(C(=O)c2ccc(Nc3ccccc3)c([N+](=O)[O-])c2)CC1. The molecule has 1 amide bonds. The summed E-state index contributed by atoms with van der Waals surface area (Å²) in [5.74, 6) is 0.342. The van der Waals surface area contributed by atoms with Gasteiger partial charge in [-0.05, 0) is 36.4 Å². The highest BCUT2D eigenvalue weighted by atomic mass is 16.6. The summed E-state index contributed by atoms with van der Waals surface area (Å²) in [5, 5.41) is 23.9. The Morgan fingerprint density at radius 1 is 1.06 bits per heavy atom. The minimum atomic E-state index is -0.496. The Labute approximate surface area is 184 Å². The predicted molar refractivity (Wildman–Crippen MR) is 120 cm³/mol. The quantitative estimate of drug-likeness (QED) is 0.488. The molecule has 1 saturated heterocycles. The Morgan fingerprint density at radius 3 is 2.50 bits per heavy atom. The molecule has 4 rings (SSSR count). The number of carbonyl (C=O) groups excluding carboxylic acids is 1. The number of nitrogens with zero attached hydrogens (tertiary/aromatic N) is 5. The zero-order chi connectivity index (χ0) is 22.5. The highest BCUT2D eigenvalue weighted by molar-refractivity contribution is 5.96. The van der Waals surface area contributed by atoms with E-state index in [0.717, 1.165) is 5.69 Å². The van der Waals surface area contributed by atoms with Gasteiger partial charge in [0.2, 0.25) is 0 Å². The van der Waals surface area contributed by atoms with Gasteiger partial charge in [-0.3, -0.25) is 14.9 Å². The number of nitro groups is 1. The molecule has 2 heterocycles. The first-order valence-corrected chi connectivity index (χ1v) is 10.1. The second kappa shape index (κ2) is 9.14. The number of hydrogen-bond acceptors (Lipinski definition) is 7. The number of anilines is 3. The number of nitro benzene ring substituents is 1. The molecule has 1 N–H and O–H groups in total. The lowest BCUT2D eigenvalue weighted by molar-refractivity contribution is -0.383. The number of nitriles is 1. The minimum Gasteiger partial charge on any atom is -0.352 e. The van der Waals surface area contributed by atoms with Crippen molar-refractivity contribution in [2.75, 3.05) is 36.4 Å². The van der Waals surface area contributed by atoms with Crippen molar-refractivity contribution >= 4 is 28.8 Å². The molecule has 0 atom stereocenters. The van der Waals surface area contributed by atoms with E-state index in [9.17, 15) is 20.2 Å². The first-order valence-electron chi connectivity index (χ1n) is 10.1. The normalized spacial score (nSPS) is 13.3. The van der Waals surface area contributed by atoms with Crippen LogP contribution in [0.3, 0.4) is 0 Å². The first-order chi connectivity index (χ1) is 15.6. The second-order valence-corrected chi connectivity index (χ2v) is 7.25. The van der Waals surface area contributed by atoms with Crippen LogP contribution in [0.1, 0.15) is 15.9 Å². The van der Waals surface area contributed by atoms with Crippen LogP contribution in [0.4, 0.5) is 22.9 Å². The molecular weight excluding hydrogens is 408 g/mol. The molecule has 0 aliphatic carbocycles. The molecule has 3 aromatic rings. The van der Waals surface area contributed by atoms with Crippen LogP contribution in [0, 0.1) is 21.4 Å². The van der Waals surface area contributed by atoms with Crippen molar-refractivity contribution in [3.8, 4) is 6.07 Å². The molecule has 32 heavy (non-hydrogen) atoms. The molecule has 0 saturated carbocycles. The van der Waals surface area contributed by atoms with Crippen molar-refractivity contribution < 1.29 is 9.72 Å². The van der Waals surface area contributed by atoms with Crippen molar-refractivity contribution in [3.05, 3.63) is 88.1 Å². The van der Waals surface area contributed by atoms with E-state index in [2.05, 4.69) is 16.4 Å². The van der Waals surface area contributed by atoms with E-state index < -0.39 is 4.92 Å². The number of carbonyl (C=O) groups is 1. The molecule has 1 aliphatic rings. The Bertz CT molecular complexity index is 1180. The Hall–Kier alpha value is -4.45. The number of piperazine rings is 1. The van der Waals surface area contributed by atoms with Crippen LogP contribution < -0.4 is 10.2 Å². The van der Waals surface area contributed by atoms with Gasteiger partial charge in [-0.1, -0.05) is 18.2 Å². The van der Waals surface area contributed by atoms with Crippen LogP contribution in [0.5, 0.6) is 0 Å². The van der Waals surface area contributed by atoms with Gasteiger partial charge in [-0.25, -0.2) is 4.98 Å². The van der Waals surface area contributed by atoms with Crippen molar-refractivity contribution in [1.82, 2.24) is 9.88 Å². The molecule has 0 spiro atoms. The van der Waals surface area contributed by atoms with Gasteiger partial charge in [-0.2, -0.15) is 5.26 Å². The molecular formula is C23H20N6O3. The number of para-hydroxylation sites is 1. The number of hydrogen-bond donors (Lipinski definition) is 1. The van der Waals surface area contributed by atoms with E-state index in [1.807, 2.05) is 35.2 Å². The molecule has 0 radical (unpaired) electrons. The fraction of sp³-hybridized carbons (Fsp3) is 0.174. The number of pyridine rings is 1. The number of rotatable bonds is 5. The molecule has 9 heteroatoms. The van der Waals surface area contributed by atoms with Crippen LogP contribution in [-0.4, -0.2) is 46.9 Å². The molecule has 160 valence electrons. The van der Waals surface area contributed by atoms with Crippen LogP contribution in [0.2, 0.25) is 0 Å². The summed E-state index contributed by atoms with van der Waals surface area (Å²) >= 11 is 0. The summed E-state index contributed by atoms with van der Waals surface area (Å²) in [6.45, 7) is 1.90. The van der Waals surface area contributed by atoms with E-state index in [1.54, 1.807) is 35.4 Å². The summed E-state index contributed by atoms with van der Waals surface area (Å²) in [4.78, 5) is 32.1. The zero-order valence-corrected chi connectivity index (χ0v) is 17.1. The molecule has 1 aromatic heterocycles. The highest BCUT2D eigenvalue weighted by Gasteiger charge is 2.26. The average molecular weight is 428 g/mol. The molecule has 9 nitrogen and oxygen atoms in total.